The number of aromatic nitrogens is 4. The third kappa shape index (κ3) is 3.89. The number of ether oxygens (including phenoxy) is 1. The summed E-state index contributed by atoms with van der Waals surface area (Å²) in [5, 5.41) is 1.96. The standard InChI is InChI=1S/C19H16Cl2N4O2S/c1-27-7-6-24-16-4-2-12(20)8-15(16)23-19(24)28-11-14-9-18(26)25-10-13(21)3-5-17(25)22-14/h2-5,8-10H,6-7,11H2,1H3. The highest BCUT2D eigenvalue weighted by Gasteiger charge is 2.13. The summed E-state index contributed by atoms with van der Waals surface area (Å²) in [7, 11) is 1.67. The van der Waals surface area contributed by atoms with E-state index in [0.717, 1.165) is 16.2 Å². The van der Waals surface area contributed by atoms with Gasteiger partial charge >= 0.3 is 0 Å². The van der Waals surface area contributed by atoms with Crippen molar-refractivity contribution in [1.29, 1.82) is 0 Å². The Kier molecular flexibility index (Phi) is 5.59. The number of fused-ring (bicyclic) bond motifs is 2. The van der Waals surface area contributed by atoms with Gasteiger partial charge in [-0.05, 0) is 30.3 Å². The minimum atomic E-state index is -0.164. The van der Waals surface area contributed by atoms with Crippen molar-refractivity contribution in [3.05, 3.63) is 68.7 Å². The third-order valence-electron chi connectivity index (χ3n) is 4.22. The molecule has 0 saturated heterocycles. The predicted octanol–water partition coefficient (Wildman–Crippen LogP) is 4.29. The highest BCUT2D eigenvalue weighted by Crippen LogP contribution is 2.28. The number of benzene rings is 1. The molecule has 6 nitrogen and oxygen atoms in total. The van der Waals surface area contributed by atoms with Crippen molar-refractivity contribution < 1.29 is 4.74 Å². The zero-order valence-corrected chi connectivity index (χ0v) is 17.3. The summed E-state index contributed by atoms with van der Waals surface area (Å²) in [6, 6.07) is 10.6. The Balaban J connectivity index is 1.66. The number of methoxy groups -OCH3 is 1. The maximum atomic E-state index is 12.4. The lowest BCUT2D eigenvalue weighted by atomic mass is 10.3. The van der Waals surface area contributed by atoms with Crippen LogP contribution in [0.5, 0.6) is 0 Å². The Labute approximate surface area is 175 Å². The van der Waals surface area contributed by atoms with Crippen molar-refractivity contribution in [1.82, 2.24) is 18.9 Å². The van der Waals surface area contributed by atoms with Gasteiger partial charge in [-0.25, -0.2) is 9.97 Å². The topological polar surface area (TPSA) is 61.4 Å². The summed E-state index contributed by atoms with van der Waals surface area (Å²) in [6.45, 7) is 1.24. The monoisotopic (exact) mass is 434 g/mol. The number of imidazole rings is 1. The number of pyridine rings is 1. The maximum absolute atomic E-state index is 12.4. The number of hydrogen-bond donors (Lipinski definition) is 0. The van der Waals surface area contributed by atoms with Crippen molar-refractivity contribution in [3.8, 4) is 0 Å². The molecule has 4 aromatic rings. The van der Waals surface area contributed by atoms with E-state index in [1.807, 2.05) is 18.2 Å². The maximum Gasteiger partial charge on any atom is 0.258 e. The van der Waals surface area contributed by atoms with Gasteiger partial charge in [-0.15, -0.1) is 0 Å². The van der Waals surface area contributed by atoms with Gasteiger partial charge in [-0.1, -0.05) is 35.0 Å². The normalized spacial score (nSPS) is 11.5. The van der Waals surface area contributed by atoms with E-state index in [1.165, 1.54) is 22.2 Å². The van der Waals surface area contributed by atoms with Crippen LogP contribution in [-0.2, 0) is 17.0 Å². The zero-order chi connectivity index (χ0) is 19.7. The number of nitrogens with zero attached hydrogens (tertiary/aromatic N) is 4. The van der Waals surface area contributed by atoms with Gasteiger partial charge in [0.25, 0.3) is 5.56 Å². The van der Waals surface area contributed by atoms with Gasteiger partial charge in [-0.2, -0.15) is 0 Å². The van der Waals surface area contributed by atoms with Crippen LogP contribution in [0.15, 0.2) is 52.5 Å². The van der Waals surface area contributed by atoms with Gasteiger partial charge in [0.15, 0.2) is 5.16 Å². The van der Waals surface area contributed by atoms with Crippen molar-refractivity contribution in [3.63, 3.8) is 0 Å². The first-order valence-electron chi connectivity index (χ1n) is 8.50. The summed E-state index contributed by atoms with van der Waals surface area (Å²) in [4.78, 5) is 21.6. The summed E-state index contributed by atoms with van der Waals surface area (Å²) in [5.41, 5.74) is 2.90. The molecule has 0 unspecified atom stereocenters. The Hall–Kier alpha value is -2.06. The molecule has 0 bridgehead atoms. The Morgan fingerprint density at radius 1 is 1.11 bits per heavy atom. The molecule has 0 radical (unpaired) electrons. The molecule has 0 saturated carbocycles. The van der Waals surface area contributed by atoms with Crippen molar-refractivity contribution in [2.75, 3.05) is 13.7 Å². The average molecular weight is 435 g/mol. The smallest absolute Gasteiger partial charge is 0.258 e. The number of hydrogen-bond acceptors (Lipinski definition) is 5. The molecule has 0 N–H and O–H groups in total. The molecular weight excluding hydrogens is 419 g/mol. The summed E-state index contributed by atoms with van der Waals surface area (Å²) in [6.07, 6.45) is 1.57. The molecular formula is C19H16Cl2N4O2S. The van der Waals surface area contributed by atoms with Gasteiger partial charge < -0.3 is 9.30 Å². The molecule has 0 fully saturated rings. The Morgan fingerprint density at radius 2 is 1.93 bits per heavy atom. The van der Waals surface area contributed by atoms with Crippen LogP contribution in [0.1, 0.15) is 5.69 Å². The second-order valence-corrected chi connectivity index (χ2v) is 7.94. The quantitative estimate of drug-likeness (QED) is 0.423. The minimum Gasteiger partial charge on any atom is -0.383 e. The highest BCUT2D eigenvalue weighted by atomic mass is 35.5. The van der Waals surface area contributed by atoms with Crippen molar-refractivity contribution in [2.24, 2.45) is 0 Å². The van der Waals surface area contributed by atoms with E-state index in [0.29, 0.717) is 40.3 Å². The molecule has 1 aromatic carbocycles. The first-order chi connectivity index (χ1) is 13.5. The van der Waals surface area contributed by atoms with Gasteiger partial charge in [0, 0.05) is 36.7 Å². The first-order valence-corrected chi connectivity index (χ1v) is 10.2. The molecule has 9 heteroatoms. The van der Waals surface area contributed by atoms with Crippen LogP contribution in [0.4, 0.5) is 0 Å². The molecule has 0 spiro atoms. The number of rotatable bonds is 6. The SMILES string of the molecule is COCCn1c(SCc2cc(=O)n3cc(Cl)ccc3n2)nc2cc(Cl)ccc21. The lowest BCUT2D eigenvalue weighted by molar-refractivity contribution is 0.186. The molecule has 0 amide bonds. The zero-order valence-electron chi connectivity index (χ0n) is 14.9. The first kappa shape index (κ1) is 19.3. The Morgan fingerprint density at radius 3 is 2.75 bits per heavy atom. The number of thioether (sulfide) groups is 1. The molecule has 0 atom stereocenters. The van der Waals surface area contributed by atoms with Crippen LogP contribution < -0.4 is 5.56 Å². The molecule has 0 aliphatic rings. The van der Waals surface area contributed by atoms with E-state index in [1.54, 1.807) is 25.4 Å². The number of halogens is 2. The third-order valence-corrected chi connectivity index (χ3v) is 5.69. The molecule has 0 aliphatic heterocycles. The largest absolute Gasteiger partial charge is 0.383 e. The lowest BCUT2D eigenvalue weighted by Gasteiger charge is -2.08. The molecule has 0 aliphatic carbocycles. The second-order valence-electron chi connectivity index (χ2n) is 6.12. The van der Waals surface area contributed by atoms with E-state index in [2.05, 4.69) is 9.55 Å². The van der Waals surface area contributed by atoms with E-state index in [-0.39, 0.29) is 5.56 Å². The van der Waals surface area contributed by atoms with Gasteiger partial charge in [0.2, 0.25) is 0 Å². The fourth-order valence-electron chi connectivity index (χ4n) is 2.93. The van der Waals surface area contributed by atoms with E-state index >= 15 is 0 Å². The summed E-state index contributed by atoms with van der Waals surface area (Å²) >= 11 is 13.6. The van der Waals surface area contributed by atoms with Crippen LogP contribution in [0.3, 0.4) is 0 Å². The van der Waals surface area contributed by atoms with Crippen LogP contribution in [0.2, 0.25) is 10.0 Å². The fourth-order valence-corrected chi connectivity index (χ4v) is 4.19. The van der Waals surface area contributed by atoms with Crippen molar-refractivity contribution >= 4 is 51.6 Å². The van der Waals surface area contributed by atoms with Crippen LogP contribution in [0.25, 0.3) is 16.7 Å². The molecule has 3 aromatic heterocycles. The van der Waals surface area contributed by atoms with E-state index in [4.69, 9.17) is 32.9 Å². The minimum absolute atomic E-state index is 0.164. The van der Waals surface area contributed by atoms with Gasteiger partial charge in [0.05, 0.1) is 28.4 Å². The predicted molar refractivity (Wildman–Crippen MR) is 113 cm³/mol. The Bertz CT molecular complexity index is 1220. The summed E-state index contributed by atoms with van der Waals surface area (Å²) in [5.74, 6) is 0.512. The van der Waals surface area contributed by atoms with Crippen molar-refractivity contribution in [2.45, 2.75) is 17.5 Å². The van der Waals surface area contributed by atoms with Gasteiger partial charge in [-0.3, -0.25) is 9.20 Å². The second kappa shape index (κ2) is 8.13. The van der Waals surface area contributed by atoms with E-state index in [9.17, 15) is 4.79 Å². The van der Waals surface area contributed by atoms with E-state index < -0.39 is 0 Å². The molecule has 4 rings (SSSR count). The summed E-state index contributed by atoms with van der Waals surface area (Å²) < 4.78 is 8.76. The van der Waals surface area contributed by atoms with Crippen LogP contribution >= 0.6 is 35.0 Å². The fraction of sp³-hybridized carbons (Fsp3) is 0.211. The molecule has 3 heterocycles. The van der Waals surface area contributed by atoms with Crippen LogP contribution in [0, 0.1) is 0 Å². The molecule has 144 valence electrons. The lowest BCUT2D eigenvalue weighted by Crippen LogP contribution is -2.15. The van der Waals surface area contributed by atoms with Gasteiger partial charge in [0.1, 0.15) is 5.65 Å². The van der Waals surface area contributed by atoms with Crippen LogP contribution in [-0.4, -0.2) is 32.7 Å². The average Bonchev–Trinajstić information content (AvgIpc) is 3.01. The highest BCUT2D eigenvalue weighted by molar-refractivity contribution is 7.98. The molecule has 28 heavy (non-hydrogen) atoms.